The molecule has 2 aliphatic carbocycles. The lowest BCUT2D eigenvalue weighted by molar-refractivity contribution is -0.121. The molecule has 1 aromatic carbocycles. The van der Waals surface area contributed by atoms with Gasteiger partial charge >= 0.3 is 0 Å². The Labute approximate surface area is 123 Å². The van der Waals surface area contributed by atoms with Crippen LogP contribution in [0.3, 0.4) is 0 Å². The van der Waals surface area contributed by atoms with Crippen molar-refractivity contribution in [3.63, 3.8) is 0 Å². The van der Waals surface area contributed by atoms with E-state index in [2.05, 4.69) is 4.98 Å². The zero-order valence-electron chi connectivity index (χ0n) is 12.1. The van der Waals surface area contributed by atoms with Gasteiger partial charge in [-0.05, 0) is 49.7 Å². The Morgan fingerprint density at radius 2 is 1.81 bits per heavy atom. The highest BCUT2D eigenvalue weighted by Crippen LogP contribution is 2.48. The Balaban J connectivity index is 1.66. The van der Waals surface area contributed by atoms with Gasteiger partial charge in [0, 0.05) is 6.07 Å². The molecule has 0 spiro atoms. The van der Waals surface area contributed by atoms with Gasteiger partial charge in [0.1, 0.15) is 11.3 Å². The van der Waals surface area contributed by atoms with Crippen LogP contribution in [0.25, 0.3) is 11.1 Å². The van der Waals surface area contributed by atoms with Crippen molar-refractivity contribution in [2.45, 2.75) is 50.5 Å². The van der Waals surface area contributed by atoms with Gasteiger partial charge in [-0.25, -0.2) is 4.98 Å². The van der Waals surface area contributed by atoms with Gasteiger partial charge < -0.3 is 14.6 Å². The lowest BCUT2D eigenvalue weighted by atomic mass is 9.60. The number of aromatic nitrogens is 1. The SMILES string of the molecule is Oc1ccc2oc(CC3(O)C4CCCC3CCC4)nc2c1. The molecule has 4 heteroatoms. The minimum absolute atomic E-state index is 0.190. The van der Waals surface area contributed by atoms with E-state index in [0.717, 1.165) is 25.7 Å². The van der Waals surface area contributed by atoms with Crippen LogP contribution >= 0.6 is 0 Å². The molecule has 2 aliphatic rings. The van der Waals surface area contributed by atoms with Crippen LogP contribution in [0.15, 0.2) is 22.6 Å². The zero-order valence-corrected chi connectivity index (χ0v) is 12.1. The third-order valence-corrected chi connectivity index (χ3v) is 5.47. The molecule has 0 aliphatic heterocycles. The maximum atomic E-state index is 11.2. The first kappa shape index (κ1) is 13.1. The van der Waals surface area contributed by atoms with Crippen LogP contribution in [0, 0.1) is 11.8 Å². The fourth-order valence-corrected chi connectivity index (χ4v) is 4.41. The first-order valence-corrected chi connectivity index (χ1v) is 7.96. The van der Waals surface area contributed by atoms with Crippen molar-refractivity contribution in [2.24, 2.45) is 11.8 Å². The second kappa shape index (κ2) is 4.73. The first-order chi connectivity index (χ1) is 10.1. The highest BCUT2D eigenvalue weighted by molar-refractivity contribution is 5.74. The summed E-state index contributed by atoms with van der Waals surface area (Å²) in [6, 6.07) is 4.93. The quantitative estimate of drug-likeness (QED) is 0.888. The van der Waals surface area contributed by atoms with E-state index in [1.54, 1.807) is 18.2 Å². The zero-order chi connectivity index (χ0) is 14.4. The molecule has 1 aromatic heterocycles. The van der Waals surface area contributed by atoms with Crippen molar-refractivity contribution in [1.82, 2.24) is 4.98 Å². The van der Waals surface area contributed by atoms with E-state index >= 15 is 0 Å². The summed E-state index contributed by atoms with van der Waals surface area (Å²) in [6.45, 7) is 0. The molecular formula is C17H21NO3. The van der Waals surface area contributed by atoms with Crippen LogP contribution in [0.1, 0.15) is 44.4 Å². The van der Waals surface area contributed by atoms with Crippen molar-refractivity contribution in [2.75, 3.05) is 0 Å². The highest BCUT2D eigenvalue weighted by Gasteiger charge is 2.48. The van der Waals surface area contributed by atoms with Gasteiger partial charge in [-0.2, -0.15) is 0 Å². The van der Waals surface area contributed by atoms with E-state index in [-0.39, 0.29) is 5.75 Å². The summed E-state index contributed by atoms with van der Waals surface area (Å²) in [5.74, 6) is 1.55. The molecule has 1 heterocycles. The smallest absolute Gasteiger partial charge is 0.198 e. The van der Waals surface area contributed by atoms with Crippen molar-refractivity contribution in [3.05, 3.63) is 24.1 Å². The summed E-state index contributed by atoms with van der Waals surface area (Å²) in [6.07, 6.45) is 7.44. The van der Waals surface area contributed by atoms with Crippen LogP contribution in [-0.2, 0) is 6.42 Å². The third kappa shape index (κ3) is 2.13. The molecule has 0 amide bonds. The summed E-state index contributed by atoms with van der Waals surface area (Å²) in [5.41, 5.74) is 0.682. The normalized spacial score (nSPS) is 32.4. The van der Waals surface area contributed by atoms with Gasteiger partial charge in [0.05, 0.1) is 12.0 Å². The molecule has 2 fully saturated rings. The largest absolute Gasteiger partial charge is 0.508 e. The van der Waals surface area contributed by atoms with E-state index in [1.165, 1.54) is 12.8 Å². The van der Waals surface area contributed by atoms with Gasteiger partial charge in [-0.1, -0.05) is 12.8 Å². The molecule has 2 bridgehead atoms. The van der Waals surface area contributed by atoms with Crippen molar-refractivity contribution < 1.29 is 14.6 Å². The van der Waals surface area contributed by atoms with Gasteiger partial charge in [0.25, 0.3) is 0 Å². The predicted octanol–water partition coefficient (Wildman–Crippen LogP) is 3.41. The predicted molar refractivity (Wildman–Crippen MR) is 79.0 cm³/mol. The number of aromatic hydroxyl groups is 1. The van der Waals surface area contributed by atoms with Crippen molar-refractivity contribution in [1.29, 1.82) is 0 Å². The lowest BCUT2D eigenvalue weighted by Crippen LogP contribution is -2.52. The number of hydrogen-bond donors (Lipinski definition) is 2. The molecule has 4 rings (SSSR count). The number of fused-ring (bicyclic) bond motifs is 3. The first-order valence-electron chi connectivity index (χ1n) is 7.96. The van der Waals surface area contributed by atoms with Crippen LogP contribution < -0.4 is 0 Å². The molecule has 2 saturated carbocycles. The molecule has 0 saturated heterocycles. The average Bonchev–Trinajstić information content (AvgIpc) is 2.78. The number of aliphatic hydroxyl groups is 1. The number of benzene rings is 1. The second-order valence-electron chi connectivity index (χ2n) is 6.68. The van der Waals surface area contributed by atoms with E-state index in [9.17, 15) is 10.2 Å². The van der Waals surface area contributed by atoms with Gasteiger partial charge in [-0.15, -0.1) is 0 Å². The molecule has 0 radical (unpaired) electrons. The number of hydrogen-bond acceptors (Lipinski definition) is 4. The molecular weight excluding hydrogens is 266 g/mol. The fraction of sp³-hybridized carbons (Fsp3) is 0.588. The summed E-state index contributed by atoms with van der Waals surface area (Å²) in [5, 5.41) is 20.7. The van der Waals surface area contributed by atoms with E-state index in [0.29, 0.717) is 35.2 Å². The van der Waals surface area contributed by atoms with Gasteiger partial charge in [0.2, 0.25) is 0 Å². The molecule has 0 unspecified atom stereocenters. The van der Waals surface area contributed by atoms with Crippen molar-refractivity contribution >= 4 is 11.1 Å². The highest BCUT2D eigenvalue weighted by atomic mass is 16.4. The molecule has 0 atom stereocenters. The van der Waals surface area contributed by atoms with E-state index in [4.69, 9.17) is 4.42 Å². The van der Waals surface area contributed by atoms with Gasteiger partial charge in [-0.3, -0.25) is 0 Å². The monoisotopic (exact) mass is 287 g/mol. The summed E-state index contributed by atoms with van der Waals surface area (Å²) in [4.78, 5) is 4.45. The Morgan fingerprint density at radius 3 is 2.48 bits per heavy atom. The van der Waals surface area contributed by atoms with Gasteiger partial charge in [0.15, 0.2) is 11.5 Å². The fourth-order valence-electron chi connectivity index (χ4n) is 4.41. The Kier molecular flexibility index (Phi) is 2.96. The molecule has 4 nitrogen and oxygen atoms in total. The summed E-state index contributed by atoms with van der Waals surface area (Å²) < 4.78 is 5.77. The van der Waals surface area contributed by atoms with E-state index < -0.39 is 5.60 Å². The standard InChI is InChI=1S/C17H21NO3/c19-13-7-8-15-14(9-13)18-16(21-15)10-17(20)11-3-1-4-12(17)6-2-5-11/h7-9,11-12,19-20H,1-6,10H2. The number of rotatable bonds is 2. The summed E-state index contributed by atoms with van der Waals surface area (Å²) >= 11 is 0. The second-order valence-corrected chi connectivity index (χ2v) is 6.68. The van der Waals surface area contributed by atoms with E-state index in [1.807, 2.05) is 0 Å². The Morgan fingerprint density at radius 1 is 1.14 bits per heavy atom. The number of phenolic OH excluding ortho intramolecular Hbond substituents is 1. The Bertz CT molecular complexity index is 641. The topological polar surface area (TPSA) is 66.5 Å². The lowest BCUT2D eigenvalue weighted by Gasteiger charge is -2.49. The van der Waals surface area contributed by atoms with Crippen LogP contribution in [-0.4, -0.2) is 20.8 Å². The third-order valence-electron chi connectivity index (χ3n) is 5.47. The van der Waals surface area contributed by atoms with Crippen LogP contribution in [0.2, 0.25) is 0 Å². The molecule has 2 aromatic rings. The van der Waals surface area contributed by atoms with Crippen LogP contribution in [0.4, 0.5) is 0 Å². The maximum absolute atomic E-state index is 11.2. The van der Waals surface area contributed by atoms with Crippen LogP contribution in [0.5, 0.6) is 5.75 Å². The minimum Gasteiger partial charge on any atom is -0.508 e. The number of nitrogens with zero attached hydrogens (tertiary/aromatic N) is 1. The Hall–Kier alpha value is -1.55. The molecule has 2 N–H and O–H groups in total. The minimum atomic E-state index is -0.653. The number of oxazole rings is 1. The molecule has 21 heavy (non-hydrogen) atoms. The number of phenols is 1. The summed E-state index contributed by atoms with van der Waals surface area (Å²) in [7, 11) is 0. The average molecular weight is 287 g/mol. The van der Waals surface area contributed by atoms with Crippen molar-refractivity contribution in [3.8, 4) is 5.75 Å². The molecule has 112 valence electrons. The maximum Gasteiger partial charge on any atom is 0.198 e.